The summed E-state index contributed by atoms with van der Waals surface area (Å²) in [5, 5.41) is 8.91. The van der Waals surface area contributed by atoms with Gasteiger partial charge in [0.2, 0.25) is 0 Å². The van der Waals surface area contributed by atoms with Crippen LogP contribution in [0.3, 0.4) is 0 Å². The molecule has 0 spiro atoms. The van der Waals surface area contributed by atoms with E-state index in [0.29, 0.717) is 6.04 Å². The molecule has 1 saturated heterocycles. The second-order valence-electron chi connectivity index (χ2n) is 8.44. The van der Waals surface area contributed by atoms with Gasteiger partial charge in [-0.3, -0.25) is 4.57 Å². The Bertz CT molecular complexity index is 921. The maximum absolute atomic E-state index is 5.28. The smallest absolute Gasteiger partial charge is 0.180 e. The number of nitrogens with two attached hydrogens (primary N) is 1. The minimum absolute atomic E-state index is 0.588. The van der Waals surface area contributed by atoms with Crippen LogP contribution >= 0.6 is 11.3 Å². The zero-order chi connectivity index (χ0) is 20.4. The molecule has 4 N–H and O–H groups in total. The van der Waals surface area contributed by atoms with E-state index in [0.717, 1.165) is 24.7 Å². The second kappa shape index (κ2) is 8.83. The summed E-state index contributed by atoms with van der Waals surface area (Å²) in [6.07, 6.45) is 0. The Morgan fingerprint density at radius 1 is 1.21 bits per heavy atom. The van der Waals surface area contributed by atoms with Crippen molar-refractivity contribution in [2.24, 2.45) is 0 Å². The molecule has 1 fully saturated rings. The molecule has 3 aromatic rings. The summed E-state index contributed by atoms with van der Waals surface area (Å²) in [5.41, 5.74) is 3.85. The molecule has 29 heavy (non-hydrogen) atoms. The highest BCUT2D eigenvalue weighted by atomic mass is 32.1. The zero-order valence-corrected chi connectivity index (χ0v) is 18.8. The Morgan fingerprint density at radius 3 is 2.66 bits per heavy atom. The van der Waals surface area contributed by atoms with E-state index in [1.165, 1.54) is 48.0 Å². The number of hydrogen-bond donors (Lipinski definition) is 3. The van der Waals surface area contributed by atoms with E-state index in [9.17, 15) is 0 Å². The normalized spacial score (nSPS) is 20.8. The minimum Gasteiger partial charge on any atom is -0.360 e. The fourth-order valence-corrected chi connectivity index (χ4v) is 5.47. The highest BCUT2D eigenvalue weighted by Gasteiger charge is 2.31. The number of likely N-dealkylation sites (N-methyl/N-ethyl adjacent to an activating group) is 1. The Kier molecular flexibility index (Phi) is 6.20. The van der Waals surface area contributed by atoms with Crippen LogP contribution in [0.1, 0.15) is 33.6 Å². The molecular weight excluding hydrogens is 382 g/mol. The van der Waals surface area contributed by atoms with Gasteiger partial charge in [-0.2, -0.15) is 0 Å². The van der Waals surface area contributed by atoms with Crippen molar-refractivity contribution in [2.75, 3.05) is 39.8 Å². The van der Waals surface area contributed by atoms with E-state index >= 15 is 0 Å². The maximum atomic E-state index is 5.28. The molecule has 0 amide bonds. The summed E-state index contributed by atoms with van der Waals surface area (Å²) in [5.74, 6) is 1.72. The van der Waals surface area contributed by atoms with Crippen LogP contribution in [0.5, 0.6) is 0 Å². The van der Waals surface area contributed by atoms with Crippen molar-refractivity contribution in [1.29, 1.82) is 0 Å². The van der Waals surface area contributed by atoms with Crippen molar-refractivity contribution in [3.8, 4) is 5.82 Å². The molecule has 3 aromatic heterocycles. The summed E-state index contributed by atoms with van der Waals surface area (Å²) >= 11 is 1.91. The monoisotopic (exact) mass is 416 g/mol. The van der Waals surface area contributed by atoms with Crippen LogP contribution in [0.25, 0.3) is 5.82 Å². The fourth-order valence-electron chi connectivity index (χ4n) is 4.57. The quantitative estimate of drug-likeness (QED) is 0.494. The predicted molar refractivity (Wildman–Crippen MR) is 115 cm³/mol. The number of nitrogens with one attached hydrogen (secondary N) is 2. The third-order valence-electron chi connectivity index (χ3n) is 6.27. The van der Waals surface area contributed by atoms with E-state index in [1.54, 1.807) is 9.80 Å². The van der Waals surface area contributed by atoms with Gasteiger partial charge in [0.1, 0.15) is 45.0 Å². The standard InChI is InChI=1S/C22H31N5OS/c1-16-12-19(18(3)27(16)22-13-17(2)28-24-22)14-23-15-20(21-6-5-11-29-21)26-9-7-25(4)8-10-26/h5-6,11-13,20,23H,7-10,14-15H2,1-4H3/p+3/t20-/m1/s1. The molecule has 0 unspecified atom stereocenters. The molecule has 0 aromatic carbocycles. The predicted octanol–water partition coefficient (Wildman–Crippen LogP) is -0.330. The number of thiophene rings is 1. The van der Waals surface area contributed by atoms with Crippen molar-refractivity contribution in [3.05, 3.63) is 57.2 Å². The van der Waals surface area contributed by atoms with E-state index < -0.39 is 0 Å². The summed E-state index contributed by atoms with van der Waals surface area (Å²) < 4.78 is 7.48. The minimum atomic E-state index is 0.588. The van der Waals surface area contributed by atoms with Crippen LogP contribution in [0.2, 0.25) is 0 Å². The van der Waals surface area contributed by atoms with Crippen LogP contribution in [0.4, 0.5) is 0 Å². The number of nitrogens with zero attached hydrogens (tertiary/aromatic N) is 2. The summed E-state index contributed by atoms with van der Waals surface area (Å²) in [4.78, 5) is 4.94. The largest absolute Gasteiger partial charge is 0.360 e. The lowest BCUT2D eigenvalue weighted by atomic mass is 10.1. The van der Waals surface area contributed by atoms with Gasteiger partial charge in [0, 0.05) is 23.0 Å². The molecule has 1 aliphatic rings. The van der Waals surface area contributed by atoms with Crippen LogP contribution in [-0.4, -0.2) is 49.5 Å². The Labute approximate surface area is 177 Å². The van der Waals surface area contributed by atoms with Crippen LogP contribution < -0.4 is 15.1 Å². The summed E-state index contributed by atoms with van der Waals surface area (Å²) in [6.45, 7) is 13.5. The fraction of sp³-hybridized carbons (Fsp3) is 0.500. The number of hydrogen-bond acceptors (Lipinski definition) is 3. The van der Waals surface area contributed by atoms with E-state index in [2.05, 4.69) is 59.5 Å². The second-order valence-corrected chi connectivity index (χ2v) is 9.42. The van der Waals surface area contributed by atoms with Gasteiger partial charge in [-0.25, -0.2) is 0 Å². The lowest BCUT2D eigenvalue weighted by molar-refractivity contribution is -1.02. The molecule has 0 bridgehead atoms. The number of rotatable bonds is 7. The first kappa shape index (κ1) is 20.3. The highest BCUT2D eigenvalue weighted by molar-refractivity contribution is 7.10. The number of aromatic nitrogens is 2. The third-order valence-corrected chi connectivity index (χ3v) is 7.26. The van der Waals surface area contributed by atoms with Gasteiger partial charge in [0.25, 0.3) is 0 Å². The SMILES string of the molecule is Cc1cc(-n2c(C)cc(C[NH2+]C[C@H](c3cccs3)[NH+]3CC[NH+](C)CC3)c2C)no1. The van der Waals surface area contributed by atoms with Gasteiger partial charge in [0.05, 0.1) is 11.9 Å². The van der Waals surface area contributed by atoms with Gasteiger partial charge in [-0.15, -0.1) is 11.3 Å². The van der Waals surface area contributed by atoms with E-state index in [-0.39, 0.29) is 0 Å². The van der Waals surface area contributed by atoms with E-state index in [1.807, 2.05) is 24.3 Å². The van der Waals surface area contributed by atoms with E-state index in [4.69, 9.17) is 4.52 Å². The van der Waals surface area contributed by atoms with Crippen molar-refractivity contribution >= 4 is 11.3 Å². The molecule has 6 nitrogen and oxygen atoms in total. The van der Waals surface area contributed by atoms with Crippen molar-refractivity contribution in [3.63, 3.8) is 0 Å². The lowest BCUT2D eigenvalue weighted by Gasteiger charge is -2.32. The molecular formula is C22H34N5OS+3. The zero-order valence-electron chi connectivity index (χ0n) is 18.0. The first-order valence-corrected chi connectivity index (χ1v) is 11.5. The number of piperazine rings is 1. The van der Waals surface area contributed by atoms with Gasteiger partial charge < -0.3 is 19.6 Å². The first-order chi connectivity index (χ1) is 14.0. The number of quaternary nitrogens is 3. The molecule has 1 aliphatic heterocycles. The topological polar surface area (TPSA) is 56.5 Å². The molecule has 0 aliphatic carbocycles. The van der Waals surface area contributed by atoms with Gasteiger partial charge in [-0.05, 0) is 38.3 Å². The Morgan fingerprint density at radius 2 is 2.00 bits per heavy atom. The molecule has 4 rings (SSSR count). The summed E-state index contributed by atoms with van der Waals surface area (Å²) in [7, 11) is 2.31. The van der Waals surface area contributed by atoms with Crippen LogP contribution in [0, 0.1) is 20.8 Å². The van der Waals surface area contributed by atoms with Gasteiger partial charge >= 0.3 is 0 Å². The average Bonchev–Trinajstić information content (AvgIpc) is 3.42. The van der Waals surface area contributed by atoms with Gasteiger partial charge in [-0.1, -0.05) is 11.2 Å². The molecule has 156 valence electrons. The Balaban J connectivity index is 1.44. The van der Waals surface area contributed by atoms with Gasteiger partial charge in [0.15, 0.2) is 11.9 Å². The average molecular weight is 417 g/mol. The number of aryl methyl sites for hydroxylation is 2. The molecule has 4 heterocycles. The first-order valence-electron chi connectivity index (χ1n) is 10.7. The molecule has 1 atom stereocenters. The lowest BCUT2D eigenvalue weighted by Crippen LogP contribution is -3.27. The summed E-state index contributed by atoms with van der Waals surface area (Å²) in [6, 6.07) is 9.40. The highest BCUT2D eigenvalue weighted by Crippen LogP contribution is 2.20. The van der Waals surface area contributed by atoms with Crippen molar-refractivity contribution < 1.29 is 19.6 Å². The van der Waals surface area contributed by atoms with Crippen molar-refractivity contribution in [1.82, 2.24) is 9.72 Å². The van der Waals surface area contributed by atoms with Crippen molar-refractivity contribution in [2.45, 2.75) is 33.4 Å². The molecule has 0 saturated carbocycles. The molecule has 0 radical (unpaired) electrons. The van der Waals surface area contributed by atoms with Crippen LogP contribution in [0.15, 0.2) is 34.2 Å². The maximum Gasteiger partial charge on any atom is 0.180 e. The molecule has 7 heteroatoms. The Hall–Kier alpha value is -1.93. The third kappa shape index (κ3) is 4.48. The van der Waals surface area contributed by atoms with Crippen LogP contribution in [-0.2, 0) is 6.54 Å².